The van der Waals surface area contributed by atoms with E-state index in [2.05, 4.69) is 16.8 Å². The van der Waals surface area contributed by atoms with Gasteiger partial charge in [-0.3, -0.25) is 19.5 Å². The maximum Gasteiger partial charge on any atom is 0.319 e. The van der Waals surface area contributed by atoms with Crippen molar-refractivity contribution in [1.29, 1.82) is 0 Å². The minimum atomic E-state index is -0.453. The molecule has 1 unspecified atom stereocenters. The Morgan fingerprint density at radius 1 is 1.42 bits per heavy atom. The lowest BCUT2D eigenvalue weighted by molar-refractivity contribution is -0.384. The van der Waals surface area contributed by atoms with Crippen LogP contribution in [0.2, 0.25) is 0 Å². The van der Waals surface area contributed by atoms with E-state index in [1.54, 1.807) is 18.2 Å². The number of rotatable bonds is 6. The van der Waals surface area contributed by atoms with E-state index in [-0.39, 0.29) is 16.9 Å². The summed E-state index contributed by atoms with van der Waals surface area (Å²) in [5.74, 6) is 0.323. The highest BCUT2D eigenvalue weighted by molar-refractivity contribution is 8.00. The molecule has 1 saturated heterocycles. The highest BCUT2D eigenvalue weighted by atomic mass is 32.2. The van der Waals surface area contributed by atoms with Gasteiger partial charge in [-0.25, -0.2) is 0 Å². The number of esters is 1. The smallest absolute Gasteiger partial charge is 0.319 e. The van der Waals surface area contributed by atoms with Crippen molar-refractivity contribution in [3.63, 3.8) is 0 Å². The average Bonchev–Trinajstić information content (AvgIpc) is 3.16. The largest absolute Gasteiger partial charge is 0.465 e. The van der Waals surface area contributed by atoms with Crippen LogP contribution >= 0.6 is 11.8 Å². The Bertz CT molecular complexity index is 787. The van der Waals surface area contributed by atoms with E-state index in [4.69, 9.17) is 4.74 Å². The number of non-ortho nitro benzene ring substituents is 1. The van der Waals surface area contributed by atoms with E-state index < -0.39 is 4.92 Å². The molecule has 0 saturated carbocycles. The first-order chi connectivity index (χ1) is 11.6. The zero-order valence-electron chi connectivity index (χ0n) is 12.6. The van der Waals surface area contributed by atoms with E-state index in [9.17, 15) is 14.9 Å². The summed E-state index contributed by atoms with van der Waals surface area (Å²) in [6.07, 6.45) is 2.34. The second-order valence-electron chi connectivity index (χ2n) is 5.07. The monoisotopic (exact) mass is 346 g/mol. The lowest BCUT2D eigenvalue weighted by Crippen LogP contribution is -2.11. The van der Waals surface area contributed by atoms with Crippen LogP contribution < -0.4 is 0 Å². The number of benzene rings is 1. The number of nitro groups is 1. The highest BCUT2D eigenvalue weighted by Crippen LogP contribution is 2.31. The third-order valence-corrected chi connectivity index (χ3v) is 4.73. The molecular formula is C15H14N4O4S. The number of cyclic esters (lactones) is 1. The Morgan fingerprint density at radius 2 is 2.17 bits per heavy atom. The van der Waals surface area contributed by atoms with Crippen molar-refractivity contribution >= 4 is 23.4 Å². The molecular weight excluding hydrogens is 332 g/mol. The average molecular weight is 346 g/mol. The van der Waals surface area contributed by atoms with Crippen LogP contribution in [0.3, 0.4) is 0 Å². The standard InChI is InChI=1S/C15H14N4O4S/c1-2-8-18-13(10-3-5-11(6-4-10)19(21)22)16-17-15(18)24-12-7-9-23-14(12)20/h2-6,12H,1,7-9H2. The van der Waals surface area contributed by atoms with E-state index in [1.807, 2.05) is 4.57 Å². The molecule has 1 aliphatic rings. The van der Waals surface area contributed by atoms with Crippen LogP contribution in [0.15, 0.2) is 42.1 Å². The minimum absolute atomic E-state index is 0.0110. The molecule has 0 aliphatic carbocycles. The van der Waals surface area contributed by atoms with Gasteiger partial charge in [0.1, 0.15) is 5.25 Å². The fourth-order valence-corrected chi connectivity index (χ4v) is 3.34. The van der Waals surface area contributed by atoms with E-state index in [0.717, 1.165) is 0 Å². The molecule has 9 heteroatoms. The molecule has 0 N–H and O–H groups in total. The van der Waals surface area contributed by atoms with Crippen molar-refractivity contribution < 1.29 is 14.5 Å². The first kappa shape index (κ1) is 16.2. The topological polar surface area (TPSA) is 100 Å². The molecule has 1 fully saturated rings. The summed E-state index contributed by atoms with van der Waals surface area (Å²) in [6, 6.07) is 6.09. The molecule has 1 aromatic heterocycles. The van der Waals surface area contributed by atoms with Gasteiger partial charge in [-0.1, -0.05) is 17.8 Å². The number of allylic oxidation sites excluding steroid dienone is 1. The number of hydrogen-bond acceptors (Lipinski definition) is 7. The Labute approximate surface area is 141 Å². The van der Waals surface area contributed by atoms with Gasteiger partial charge in [0.2, 0.25) is 0 Å². The first-order valence-corrected chi connectivity index (χ1v) is 8.10. The lowest BCUT2D eigenvalue weighted by Gasteiger charge is -2.09. The van der Waals surface area contributed by atoms with Crippen LogP contribution in [0.5, 0.6) is 0 Å². The quantitative estimate of drug-likeness (QED) is 0.343. The molecule has 2 heterocycles. The van der Waals surface area contributed by atoms with Gasteiger partial charge in [0.25, 0.3) is 5.69 Å². The third-order valence-electron chi connectivity index (χ3n) is 3.50. The maximum absolute atomic E-state index is 11.6. The second-order valence-corrected chi connectivity index (χ2v) is 6.24. The predicted molar refractivity (Wildman–Crippen MR) is 87.5 cm³/mol. The van der Waals surface area contributed by atoms with Crippen molar-refractivity contribution in [1.82, 2.24) is 14.8 Å². The van der Waals surface area contributed by atoms with Crippen molar-refractivity contribution in [3.05, 3.63) is 47.0 Å². The molecule has 124 valence electrons. The molecule has 3 rings (SSSR count). The van der Waals surface area contributed by atoms with Gasteiger partial charge < -0.3 is 4.74 Å². The normalized spacial score (nSPS) is 16.8. The maximum atomic E-state index is 11.6. The number of nitrogens with zero attached hydrogens (tertiary/aromatic N) is 4. The van der Waals surface area contributed by atoms with Gasteiger partial charge in [0.05, 0.1) is 11.5 Å². The van der Waals surface area contributed by atoms with E-state index in [0.29, 0.717) is 36.1 Å². The summed E-state index contributed by atoms with van der Waals surface area (Å²) in [7, 11) is 0. The summed E-state index contributed by atoms with van der Waals surface area (Å²) in [5, 5.41) is 19.4. The number of aromatic nitrogens is 3. The number of nitro benzene ring substituents is 1. The van der Waals surface area contributed by atoms with Crippen molar-refractivity contribution in [3.8, 4) is 11.4 Å². The number of hydrogen-bond donors (Lipinski definition) is 0. The third kappa shape index (κ3) is 3.16. The summed E-state index contributed by atoms with van der Waals surface area (Å²) >= 11 is 1.31. The number of carbonyl (C=O) groups is 1. The molecule has 0 amide bonds. The van der Waals surface area contributed by atoms with E-state index >= 15 is 0 Å². The fourth-order valence-electron chi connectivity index (χ4n) is 2.33. The fraction of sp³-hybridized carbons (Fsp3) is 0.267. The molecule has 2 aromatic rings. The summed E-state index contributed by atoms with van der Waals surface area (Å²) < 4.78 is 6.79. The molecule has 1 aliphatic heterocycles. The predicted octanol–water partition coefficient (Wildman–Crippen LogP) is 2.45. The van der Waals surface area contributed by atoms with E-state index in [1.165, 1.54) is 23.9 Å². The summed E-state index contributed by atoms with van der Waals surface area (Å²) in [4.78, 5) is 21.9. The van der Waals surface area contributed by atoms with Gasteiger partial charge in [-0.15, -0.1) is 16.8 Å². The van der Waals surface area contributed by atoms with Gasteiger partial charge in [-0.05, 0) is 12.1 Å². The summed E-state index contributed by atoms with van der Waals surface area (Å²) in [5.41, 5.74) is 0.715. The van der Waals surface area contributed by atoms with Gasteiger partial charge in [0.15, 0.2) is 11.0 Å². The van der Waals surface area contributed by atoms with Gasteiger partial charge in [0, 0.05) is 30.7 Å². The van der Waals surface area contributed by atoms with Crippen molar-refractivity contribution in [2.75, 3.05) is 6.61 Å². The van der Waals surface area contributed by atoms with Gasteiger partial charge >= 0.3 is 5.97 Å². The van der Waals surface area contributed by atoms with Gasteiger partial charge in [-0.2, -0.15) is 0 Å². The Morgan fingerprint density at radius 3 is 2.75 bits per heavy atom. The van der Waals surface area contributed by atoms with Crippen molar-refractivity contribution in [2.24, 2.45) is 0 Å². The molecule has 1 aromatic carbocycles. The molecule has 0 bridgehead atoms. The van der Waals surface area contributed by atoms with Crippen LogP contribution in [0.1, 0.15) is 6.42 Å². The molecule has 0 radical (unpaired) electrons. The van der Waals surface area contributed by atoms with Crippen molar-refractivity contribution in [2.45, 2.75) is 23.4 Å². The Balaban J connectivity index is 1.91. The van der Waals surface area contributed by atoms with Crippen LogP contribution in [0.4, 0.5) is 5.69 Å². The number of ether oxygens (including phenoxy) is 1. The zero-order chi connectivity index (χ0) is 17.1. The van der Waals surface area contributed by atoms with Crippen LogP contribution in [0, 0.1) is 10.1 Å². The first-order valence-electron chi connectivity index (χ1n) is 7.22. The molecule has 24 heavy (non-hydrogen) atoms. The Kier molecular flexibility index (Phi) is 4.61. The minimum Gasteiger partial charge on any atom is -0.465 e. The summed E-state index contributed by atoms with van der Waals surface area (Å²) in [6.45, 7) is 4.61. The molecule has 1 atom stereocenters. The second kappa shape index (κ2) is 6.83. The molecule has 0 spiro atoms. The van der Waals surface area contributed by atoms with Crippen LogP contribution in [-0.2, 0) is 16.1 Å². The highest BCUT2D eigenvalue weighted by Gasteiger charge is 2.30. The number of thioether (sulfide) groups is 1. The SMILES string of the molecule is C=CCn1c(SC2CCOC2=O)nnc1-c1ccc([N+](=O)[O-])cc1. The molecule has 8 nitrogen and oxygen atoms in total. The van der Waals surface area contributed by atoms with Crippen LogP contribution in [0.25, 0.3) is 11.4 Å². The van der Waals surface area contributed by atoms with Crippen LogP contribution in [-0.4, -0.2) is 37.5 Å². The zero-order valence-corrected chi connectivity index (χ0v) is 13.4. The lowest BCUT2D eigenvalue weighted by atomic mass is 10.2. The Hall–Kier alpha value is -2.68. The number of carbonyl (C=O) groups excluding carboxylic acids is 1.